The Hall–Kier alpha value is -4.21. The maximum atomic E-state index is 15.7. The first-order valence-corrected chi connectivity index (χ1v) is 26.8. The van der Waals surface area contributed by atoms with Crippen LogP contribution in [0.4, 0.5) is 4.79 Å². The summed E-state index contributed by atoms with van der Waals surface area (Å²) in [6.07, 6.45) is -1.06. The van der Waals surface area contributed by atoms with E-state index in [1.165, 1.54) is 20.9 Å². The first-order valence-electron chi connectivity index (χ1n) is 20.4. The van der Waals surface area contributed by atoms with E-state index >= 15 is 8.42 Å². The van der Waals surface area contributed by atoms with E-state index in [0.29, 0.717) is 37.8 Å². The molecule has 4 aromatic carbocycles. The molecule has 0 saturated heterocycles. The second-order valence-corrected chi connectivity index (χ2v) is 26.3. The number of alkyl carbamates (subject to hydrolysis) is 1. The predicted molar refractivity (Wildman–Crippen MR) is 258 cm³/mol. The van der Waals surface area contributed by atoms with Crippen LogP contribution in [0.1, 0.15) is 58.2 Å². The first-order chi connectivity index (χ1) is 29.6. The molecule has 0 unspecified atom stereocenters. The van der Waals surface area contributed by atoms with Crippen molar-refractivity contribution in [1.82, 2.24) is 29.8 Å². The lowest BCUT2D eigenvalue weighted by Gasteiger charge is -2.39. The third-order valence-corrected chi connectivity index (χ3v) is 19.1. The molecule has 63 heavy (non-hydrogen) atoms. The highest BCUT2D eigenvalue weighted by molar-refractivity contribution is 14.1. The number of ether oxygens (including phenoxy) is 4. The zero-order valence-corrected chi connectivity index (χ0v) is 42.7. The summed E-state index contributed by atoms with van der Waals surface area (Å²) in [4.78, 5) is 14.9. The SMILES string of the molecule is COc1ccc(CN(Cc2ccc(OC)cc2)S(=O)(=O)c2c(SC[C@@H](CNC(=O)OC(C)(C)C)O[Si](C)(C)C(C)(C)C)ccc(I)c2-c2nnn(Cc3ccc(OC)cc3)n2)cc1. The van der Waals surface area contributed by atoms with Gasteiger partial charge in [-0.2, -0.15) is 9.10 Å². The van der Waals surface area contributed by atoms with Gasteiger partial charge in [-0.3, -0.25) is 0 Å². The Morgan fingerprint density at radius 3 is 1.79 bits per heavy atom. The Morgan fingerprint density at radius 1 is 0.810 bits per heavy atom. The van der Waals surface area contributed by atoms with Crippen molar-refractivity contribution in [3.63, 3.8) is 0 Å². The van der Waals surface area contributed by atoms with Crippen LogP contribution in [0.15, 0.2) is 94.7 Å². The molecule has 1 aromatic heterocycles. The normalized spacial score (nSPS) is 12.8. The number of aromatic nitrogens is 4. The van der Waals surface area contributed by atoms with Gasteiger partial charge in [-0.25, -0.2) is 13.2 Å². The molecule has 5 rings (SSSR count). The van der Waals surface area contributed by atoms with E-state index in [-0.39, 0.29) is 35.4 Å². The van der Waals surface area contributed by atoms with Crippen LogP contribution >= 0.6 is 34.4 Å². The minimum Gasteiger partial charge on any atom is -0.497 e. The fourth-order valence-electron chi connectivity index (χ4n) is 6.07. The van der Waals surface area contributed by atoms with E-state index in [0.717, 1.165) is 22.4 Å². The molecule has 0 saturated carbocycles. The smallest absolute Gasteiger partial charge is 0.407 e. The maximum Gasteiger partial charge on any atom is 0.407 e. The Kier molecular flexibility index (Phi) is 16.7. The Balaban J connectivity index is 1.63. The zero-order chi connectivity index (χ0) is 46.2. The summed E-state index contributed by atoms with van der Waals surface area (Å²) in [5.41, 5.74) is 2.06. The molecule has 5 aromatic rings. The molecular formula is C45H59IN6O8S2Si. The molecule has 0 radical (unpaired) electrons. The van der Waals surface area contributed by atoms with E-state index in [4.69, 9.17) is 28.5 Å². The largest absolute Gasteiger partial charge is 0.497 e. The van der Waals surface area contributed by atoms with Crippen LogP contribution in [0.25, 0.3) is 11.4 Å². The molecule has 1 heterocycles. The van der Waals surface area contributed by atoms with Crippen molar-refractivity contribution in [2.45, 2.75) is 101 Å². The van der Waals surface area contributed by atoms with E-state index < -0.39 is 36.1 Å². The number of nitrogens with one attached hydrogen (secondary N) is 1. The van der Waals surface area contributed by atoms with Crippen LogP contribution in [0, 0.1) is 3.57 Å². The minimum atomic E-state index is -4.38. The molecule has 0 aliphatic rings. The van der Waals surface area contributed by atoms with Gasteiger partial charge in [0.2, 0.25) is 15.8 Å². The second-order valence-electron chi connectivity index (χ2n) is 17.4. The van der Waals surface area contributed by atoms with Crippen molar-refractivity contribution in [1.29, 1.82) is 0 Å². The number of nitrogens with zero attached hydrogens (tertiary/aromatic N) is 5. The summed E-state index contributed by atoms with van der Waals surface area (Å²) in [5, 5.41) is 16.4. The summed E-state index contributed by atoms with van der Waals surface area (Å²) in [7, 11) is -1.98. The molecule has 0 bridgehead atoms. The monoisotopic (exact) mass is 1030 g/mol. The minimum absolute atomic E-state index is 0.0385. The van der Waals surface area contributed by atoms with Crippen LogP contribution in [0.3, 0.4) is 0 Å². The van der Waals surface area contributed by atoms with Crippen molar-refractivity contribution >= 4 is 58.8 Å². The van der Waals surface area contributed by atoms with Gasteiger partial charge in [0, 0.05) is 33.9 Å². The maximum absolute atomic E-state index is 15.7. The van der Waals surface area contributed by atoms with Crippen LogP contribution in [0.5, 0.6) is 17.2 Å². The number of benzene rings is 4. The average molecular weight is 1030 g/mol. The van der Waals surface area contributed by atoms with Gasteiger partial charge in [-0.1, -0.05) is 57.2 Å². The number of sulfonamides is 1. The average Bonchev–Trinajstić information content (AvgIpc) is 3.69. The third-order valence-electron chi connectivity index (χ3n) is 10.4. The molecule has 18 heteroatoms. The Labute approximate surface area is 391 Å². The van der Waals surface area contributed by atoms with E-state index in [1.54, 1.807) is 21.3 Å². The lowest BCUT2D eigenvalue weighted by molar-refractivity contribution is 0.0502. The highest BCUT2D eigenvalue weighted by Gasteiger charge is 2.40. The van der Waals surface area contributed by atoms with E-state index in [9.17, 15) is 4.79 Å². The number of carbonyl (C=O) groups excluding carboxylic acids is 1. The van der Waals surface area contributed by atoms with Gasteiger partial charge in [0.1, 0.15) is 27.7 Å². The molecule has 0 fully saturated rings. The van der Waals surface area contributed by atoms with Crippen molar-refractivity contribution in [2.75, 3.05) is 33.6 Å². The number of thioether (sulfide) groups is 1. The molecule has 14 nitrogen and oxygen atoms in total. The fraction of sp³-hybridized carbons (Fsp3) is 0.422. The summed E-state index contributed by atoms with van der Waals surface area (Å²) >= 11 is 3.48. The Morgan fingerprint density at radius 2 is 1.32 bits per heavy atom. The first kappa shape index (κ1) is 49.8. The number of amides is 1. The van der Waals surface area contributed by atoms with Crippen LogP contribution in [-0.2, 0) is 38.8 Å². The predicted octanol–water partition coefficient (Wildman–Crippen LogP) is 9.42. The van der Waals surface area contributed by atoms with Crippen molar-refractivity contribution < 1.29 is 36.6 Å². The van der Waals surface area contributed by atoms with Crippen molar-refractivity contribution in [3.05, 3.63) is 105 Å². The lowest BCUT2D eigenvalue weighted by Crippen LogP contribution is -2.48. The molecule has 0 spiro atoms. The van der Waals surface area contributed by atoms with Crippen LogP contribution < -0.4 is 19.5 Å². The van der Waals surface area contributed by atoms with Crippen LogP contribution in [0.2, 0.25) is 18.1 Å². The summed E-state index contributed by atoms with van der Waals surface area (Å²) in [6.45, 7) is 16.7. The lowest BCUT2D eigenvalue weighted by atomic mass is 10.2. The number of hydrogen-bond acceptors (Lipinski definition) is 12. The quantitative estimate of drug-likeness (QED) is 0.0476. The highest BCUT2D eigenvalue weighted by Crippen LogP contribution is 2.42. The fourth-order valence-corrected chi connectivity index (χ4v) is 11.5. The highest BCUT2D eigenvalue weighted by atomic mass is 127. The summed E-state index contributed by atoms with van der Waals surface area (Å²) in [5.74, 6) is 2.49. The van der Waals surface area contributed by atoms with Gasteiger partial charge in [0.05, 0.1) is 39.5 Å². The number of hydrogen-bond donors (Lipinski definition) is 1. The standard InChI is InChI=1S/C45H59IN6O8S2Si/c1-44(2,3)59-43(53)47-26-37(60-63(10,11)45(4,5)6)30-61-39-25-24-38(46)40(42-48-50-52(49-42)29-33-16-22-36(58-9)23-17-33)41(39)62(54,55)51(27-31-12-18-34(56-7)19-13-31)28-32-14-20-35(57-8)21-15-32/h12-25,37H,26-30H2,1-11H3,(H,47,53)/t37-/m1/s1. The van der Waals surface area contributed by atoms with E-state index in [1.807, 2.05) is 106 Å². The van der Waals surface area contributed by atoms with Crippen molar-refractivity contribution in [2.24, 2.45) is 0 Å². The second kappa shape index (κ2) is 21.2. The van der Waals surface area contributed by atoms with Crippen molar-refractivity contribution in [3.8, 4) is 28.6 Å². The van der Waals surface area contributed by atoms with Gasteiger partial charge < -0.3 is 28.7 Å². The van der Waals surface area contributed by atoms with Crippen LogP contribution in [-0.4, -0.2) is 92.7 Å². The van der Waals surface area contributed by atoms with E-state index in [2.05, 4.69) is 72.1 Å². The molecular weight excluding hydrogens is 972 g/mol. The molecule has 1 amide bonds. The number of rotatable bonds is 19. The number of carbonyl (C=O) groups is 1. The van der Waals surface area contributed by atoms with Gasteiger partial charge >= 0.3 is 6.09 Å². The zero-order valence-electron chi connectivity index (χ0n) is 37.9. The Bertz CT molecular complexity index is 2360. The topological polar surface area (TPSA) is 156 Å². The summed E-state index contributed by atoms with van der Waals surface area (Å²) < 4.78 is 62.2. The molecule has 1 N–H and O–H groups in total. The molecule has 340 valence electrons. The number of tetrazole rings is 1. The molecule has 1 atom stereocenters. The van der Waals surface area contributed by atoms with Gasteiger partial charge in [-0.15, -0.1) is 22.0 Å². The van der Waals surface area contributed by atoms with Gasteiger partial charge in [0.15, 0.2) is 8.32 Å². The van der Waals surface area contributed by atoms with Gasteiger partial charge in [0.25, 0.3) is 0 Å². The van der Waals surface area contributed by atoms with Gasteiger partial charge in [-0.05, 0) is 132 Å². The number of halogens is 1. The molecule has 0 aliphatic heterocycles. The molecule has 0 aliphatic carbocycles. The third kappa shape index (κ3) is 13.6. The summed E-state index contributed by atoms with van der Waals surface area (Å²) in [6, 6.07) is 25.9. The number of methoxy groups -OCH3 is 3.